The number of nitriles is 1. The minimum absolute atomic E-state index is 0.309. The fourth-order valence-electron chi connectivity index (χ4n) is 2.35. The standard InChI is InChI=1S/C15H11N3O2/c16-6-13-3-4-14(7-17-13)18-8-11-2-1-10(15(19)20)5-12(11)9-18/h1-5,7H,8-9H2,(H,19,20). The first-order valence-corrected chi connectivity index (χ1v) is 6.13. The van der Waals surface area contributed by atoms with Crippen LogP contribution in [0.2, 0.25) is 0 Å². The average molecular weight is 265 g/mol. The number of fused-ring (bicyclic) bond motifs is 1. The molecule has 1 aliphatic rings. The van der Waals surface area contributed by atoms with Gasteiger partial charge in [0.15, 0.2) is 0 Å². The number of anilines is 1. The molecule has 0 aliphatic carbocycles. The van der Waals surface area contributed by atoms with Crippen LogP contribution in [0.15, 0.2) is 36.5 Å². The third-order valence-corrected chi connectivity index (χ3v) is 3.40. The van der Waals surface area contributed by atoms with E-state index in [9.17, 15) is 4.79 Å². The fraction of sp³-hybridized carbons (Fsp3) is 0.133. The average Bonchev–Trinajstić information content (AvgIpc) is 2.90. The van der Waals surface area contributed by atoms with Gasteiger partial charge in [-0.1, -0.05) is 6.07 Å². The molecule has 98 valence electrons. The minimum Gasteiger partial charge on any atom is -0.478 e. The van der Waals surface area contributed by atoms with Crippen LogP contribution in [-0.2, 0) is 13.1 Å². The first-order valence-electron chi connectivity index (χ1n) is 6.13. The SMILES string of the molecule is N#Cc1ccc(N2Cc3ccc(C(=O)O)cc3C2)cn1. The summed E-state index contributed by atoms with van der Waals surface area (Å²) in [6, 6.07) is 10.7. The van der Waals surface area contributed by atoms with Crippen molar-refractivity contribution in [3.8, 4) is 6.07 Å². The van der Waals surface area contributed by atoms with Crippen molar-refractivity contribution in [3.05, 3.63) is 58.9 Å². The number of carbonyl (C=O) groups is 1. The number of hydrogen-bond acceptors (Lipinski definition) is 4. The molecule has 5 heteroatoms. The van der Waals surface area contributed by atoms with Gasteiger partial charge in [0.1, 0.15) is 11.8 Å². The molecular formula is C15H11N3O2. The molecule has 5 nitrogen and oxygen atoms in total. The lowest BCUT2D eigenvalue weighted by Gasteiger charge is -2.16. The number of nitrogens with zero attached hydrogens (tertiary/aromatic N) is 3. The Morgan fingerprint density at radius 2 is 2.05 bits per heavy atom. The largest absolute Gasteiger partial charge is 0.478 e. The molecule has 0 spiro atoms. The molecule has 2 heterocycles. The van der Waals surface area contributed by atoms with Gasteiger partial charge < -0.3 is 10.0 Å². The predicted octanol–water partition coefficient (Wildman–Crippen LogP) is 2.17. The van der Waals surface area contributed by atoms with Crippen LogP contribution in [0.4, 0.5) is 5.69 Å². The van der Waals surface area contributed by atoms with Gasteiger partial charge in [-0.3, -0.25) is 0 Å². The van der Waals surface area contributed by atoms with Crippen molar-refractivity contribution in [2.24, 2.45) is 0 Å². The Labute approximate surface area is 115 Å². The number of pyridine rings is 1. The Balaban J connectivity index is 1.86. The van der Waals surface area contributed by atoms with Crippen LogP contribution in [0.1, 0.15) is 27.2 Å². The quantitative estimate of drug-likeness (QED) is 0.900. The topological polar surface area (TPSA) is 77.2 Å². The van der Waals surface area contributed by atoms with Crippen LogP contribution in [-0.4, -0.2) is 16.1 Å². The van der Waals surface area contributed by atoms with Gasteiger partial charge in [0.2, 0.25) is 0 Å². The van der Waals surface area contributed by atoms with Crippen molar-refractivity contribution in [2.75, 3.05) is 4.90 Å². The van der Waals surface area contributed by atoms with Crippen LogP contribution in [0.5, 0.6) is 0 Å². The van der Waals surface area contributed by atoms with Gasteiger partial charge in [-0.15, -0.1) is 0 Å². The molecule has 0 unspecified atom stereocenters. The third kappa shape index (κ3) is 2.08. The van der Waals surface area contributed by atoms with E-state index in [1.807, 2.05) is 18.2 Å². The van der Waals surface area contributed by atoms with Crippen LogP contribution >= 0.6 is 0 Å². The minimum atomic E-state index is -0.911. The summed E-state index contributed by atoms with van der Waals surface area (Å²) in [5.74, 6) is -0.911. The maximum absolute atomic E-state index is 11.0. The lowest BCUT2D eigenvalue weighted by Crippen LogP contribution is -2.14. The highest BCUT2D eigenvalue weighted by molar-refractivity contribution is 5.88. The zero-order valence-corrected chi connectivity index (χ0v) is 10.6. The molecule has 1 N–H and O–H groups in total. The molecule has 1 aromatic heterocycles. The molecule has 0 bridgehead atoms. The van der Waals surface area contributed by atoms with Crippen molar-refractivity contribution < 1.29 is 9.90 Å². The number of rotatable bonds is 2. The van der Waals surface area contributed by atoms with E-state index in [0.29, 0.717) is 17.8 Å². The van der Waals surface area contributed by atoms with Crippen LogP contribution in [0.3, 0.4) is 0 Å². The molecule has 3 rings (SSSR count). The van der Waals surface area contributed by atoms with Crippen LogP contribution in [0.25, 0.3) is 0 Å². The summed E-state index contributed by atoms with van der Waals surface area (Å²) < 4.78 is 0. The summed E-state index contributed by atoms with van der Waals surface area (Å²) in [5.41, 5.74) is 3.77. The predicted molar refractivity (Wildman–Crippen MR) is 72.2 cm³/mol. The van der Waals surface area contributed by atoms with Gasteiger partial charge >= 0.3 is 5.97 Å². The second-order valence-electron chi connectivity index (χ2n) is 4.66. The Bertz CT molecular complexity index is 717. The summed E-state index contributed by atoms with van der Waals surface area (Å²) in [6.45, 7) is 1.38. The number of aromatic nitrogens is 1. The summed E-state index contributed by atoms with van der Waals surface area (Å²) in [6.07, 6.45) is 1.67. The van der Waals surface area contributed by atoms with Gasteiger partial charge in [0, 0.05) is 13.1 Å². The molecule has 20 heavy (non-hydrogen) atoms. The highest BCUT2D eigenvalue weighted by atomic mass is 16.4. The highest BCUT2D eigenvalue weighted by Crippen LogP contribution is 2.28. The maximum Gasteiger partial charge on any atom is 0.335 e. The Hall–Kier alpha value is -2.87. The fourth-order valence-corrected chi connectivity index (χ4v) is 2.35. The van der Waals surface area contributed by atoms with Gasteiger partial charge in [-0.05, 0) is 35.4 Å². The van der Waals surface area contributed by atoms with E-state index in [2.05, 4.69) is 9.88 Å². The van der Waals surface area contributed by atoms with E-state index in [1.54, 1.807) is 24.4 Å². The van der Waals surface area contributed by atoms with Crippen molar-refractivity contribution in [1.29, 1.82) is 5.26 Å². The summed E-state index contributed by atoms with van der Waals surface area (Å²) in [5, 5.41) is 17.7. The first-order chi connectivity index (χ1) is 9.67. The van der Waals surface area contributed by atoms with E-state index >= 15 is 0 Å². The maximum atomic E-state index is 11.0. The van der Waals surface area contributed by atoms with Crippen molar-refractivity contribution in [3.63, 3.8) is 0 Å². The first kappa shape index (κ1) is 12.2. The van der Waals surface area contributed by atoms with Gasteiger partial charge in [-0.25, -0.2) is 9.78 Å². The van der Waals surface area contributed by atoms with E-state index in [0.717, 1.165) is 23.4 Å². The van der Waals surface area contributed by atoms with Crippen molar-refractivity contribution >= 4 is 11.7 Å². The van der Waals surface area contributed by atoms with E-state index in [4.69, 9.17) is 10.4 Å². The Morgan fingerprint density at radius 1 is 1.25 bits per heavy atom. The zero-order chi connectivity index (χ0) is 14.1. The second-order valence-corrected chi connectivity index (χ2v) is 4.66. The normalized spacial score (nSPS) is 12.8. The third-order valence-electron chi connectivity index (χ3n) is 3.40. The molecule has 0 fully saturated rings. The van der Waals surface area contributed by atoms with Crippen molar-refractivity contribution in [2.45, 2.75) is 13.1 Å². The molecule has 0 saturated heterocycles. The van der Waals surface area contributed by atoms with Gasteiger partial charge in [0.05, 0.1) is 17.4 Å². The van der Waals surface area contributed by atoms with Crippen LogP contribution < -0.4 is 4.90 Å². The highest BCUT2D eigenvalue weighted by Gasteiger charge is 2.20. The Morgan fingerprint density at radius 3 is 2.70 bits per heavy atom. The van der Waals surface area contributed by atoms with Gasteiger partial charge in [-0.2, -0.15) is 5.26 Å². The summed E-state index contributed by atoms with van der Waals surface area (Å²) >= 11 is 0. The molecule has 1 aromatic carbocycles. The number of carboxylic acids is 1. The van der Waals surface area contributed by atoms with E-state index < -0.39 is 5.97 Å². The number of carboxylic acid groups (broad SMARTS) is 1. The Kier molecular flexibility index (Phi) is 2.84. The van der Waals surface area contributed by atoms with E-state index in [1.165, 1.54) is 0 Å². The summed E-state index contributed by atoms with van der Waals surface area (Å²) in [7, 11) is 0. The molecule has 1 aliphatic heterocycles. The smallest absolute Gasteiger partial charge is 0.335 e. The van der Waals surface area contributed by atoms with Crippen LogP contribution in [0, 0.1) is 11.3 Å². The van der Waals surface area contributed by atoms with E-state index in [-0.39, 0.29) is 0 Å². The molecular weight excluding hydrogens is 254 g/mol. The zero-order valence-electron chi connectivity index (χ0n) is 10.6. The number of hydrogen-bond donors (Lipinski definition) is 1. The summed E-state index contributed by atoms with van der Waals surface area (Å²) in [4.78, 5) is 17.1. The molecule has 0 saturated carbocycles. The molecule has 0 atom stereocenters. The number of benzene rings is 1. The lowest BCUT2D eigenvalue weighted by molar-refractivity contribution is 0.0697. The lowest BCUT2D eigenvalue weighted by atomic mass is 10.1. The molecule has 0 radical (unpaired) electrons. The monoisotopic (exact) mass is 265 g/mol. The molecule has 0 amide bonds. The second kappa shape index (κ2) is 4.67. The van der Waals surface area contributed by atoms with Gasteiger partial charge in [0.25, 0.3) is 0 Å². The van der Waals surface area contributed by atoms with Crippen molar-refractivity contribution in [1.82, 2.24) is 4.98 Å². The number of aromatic carboxylic acids is 1. The molecule has 2 aromatic rings.